The lowest BCUT2D eigenvalue weighted by Gasteiger charge is -2.55. The lowest BCUT2D eigenvalue weighted by molar-refractivity contribution is -0.147. The van der Waals surface area contributed by atoms with Crippen molar-refractivity contribution in [1.29, 1.82) is 0 Å². The predicted molar refractivity (Wildman–Crippen MR) is 128 cm³/mol. The number of amides is 2. The Kier molecular flexibility index (Phi) is 6.83. The van der Waals surface area contributed by atoms with Gasteiger partial charge in [0.25, 0.3) is 0 Å². The molecule has 0 aliphatic heterocycles. The summed E-state index contributed by atoms with van der Waals surface area (Å²) in [5, 5.41) is 5.76. The molecule has 0 aromatic heterocycles. The van der Waals surface area contributed by atoms with Gasteiger partial charge in [0.15, 0.2) is 12.4 Å². The number of ether oxygens (including phenoxy) is 1. The number of carbonyl (C=O) groups excluding carboxylic acids is 4. The summed E-state index contributed by atoms with van der Waals surface area (Å²) in [5.74, 6) is 1.23. The minimum atomic E-state index is -0.516. The number of ketones is 1. The number of hydrogen-bond donors (Lipinski definition) is 2. The van der Waals surface area contributed by atoms with Crippen molar-refractivity contribution < 1.29 is 23.9 Å². The van der Waals surface area contributed by atoms with Gasteiger partial charge < -0.3 is 15.4 Å². The Morgan fingerprint density at radius 3 is 2.03 bits per heavy atom. The van der Waals surface area contributed by atoms with Gasteiger partial charge in [-0.25, -0.2) is 0 Å². The second kappa shape index (κ2) is 9.51. The van der Waals surface area contributed by atoms with Crippen molar-refractivity contribution in [2.24, 2.45) is 28.6 Å². The summed E-state index contributed by atoms with van der Waals surface area (Å²) in [4.78, 5) is 49.4. The highest BCUT2D eigenvalue weighted by atomic mass is 16.5. The van der Waals surface area contributed by atoms with Gasteiger partial charge in [0.05, 0.1) is 6.42 Å². The molecule has 7 heteroatoms. The molecular formula is C27H36N2O5. The van der Waals surface area contributed by atoms with E-state index in [1.807, 2.05) is 20.8 Å². The number of Topliss-reactive ketones (excluding diaryl/α,β-unsaturated/α-hetero) is 1. The molecule has 4 aliphatic rings. The first-order valence-electron chi connectivity index (χ1n) is 12.4. The number of esters is 1. The minimum Gasteiger partial charge on any atom is -0.457 e. The van der Waals surface area contributed by atoms with Crippen LogP contribution in [0, 0.1) is 28.6 Å². The zero-order chi connectivity index (χ0) is 24.5. The molecule has 184 valence electrons. The van der Waals surface area contributed by atoms with Gasteiger partial charge >= 0.3 is 5.97 Å². The van der Waals surface area contributed by atoms with Crippen LogP contribution in [0.5, 0.6) is 0 Å². The van der Waals surface area contributed by atoms with Gasteiger partial charge in [-0.1, -0.05) is 20.8 Å². The van der Waals surface area contributed by atoms with Crippen LogP contribution in [0.2, 0.25) is 0 Å². The molecule has 2 N–H and O–H groups in total. The van der Waals surface area contributed by atoms with Crippen molar-refractivity contribution in [1.82, 2.24) is 5.32 Å². The van der Waals surface area contributed by atoms with E-state index >= 15 is 0 Å². The average molecular weight is 469 g/mol. The van der Waals surface area contributed by atoms with Crippen LogP contribution in [0.1, 0.15) is 76.1 Å². The summed E-state index contributed by atoms with van der Waals surface area (Å²) in [6, 6.07) is 6.50. The van der Waals surface area contributed by atoms with Gasteiger partial charge in [-0.2, -0.15) is 0 Å². The molecule has 4 fully saturated rings. The van der Waals surface area contributed by atoms with Crippen LogP contribution in [0.25, 0.3) is 0 Å². The summed E-state index contributed by atoms with van der Waals surface area (Å²) in [5.41, 5.74) is 0.254. The molecule has 5 rings (SSSR count). The zero-order valence-corrected chi connectivity index (χ0v) is 20.4. The van der Waals surface area contributed by atoms with Crippen molar-refractivity contribution in [3.8, 4) is 0 Å². The summed E-state index contributed by atoms with van der Waals surface area (Å²) in [6.45, 7) is 5.35. The van der Waals surface area contributed by atoms with Crippen molar-refractivity contribution in [3.63, 3.8) is 0 Å². The Balaban J connectivity index is 1.17. The van der Waals surface area contributed by atoms with E-state index < -0.39 is 11.4 Å². The fraction of sp³-hybridized carbons (Fsp3) is 0.630. The van der Waals surface area contributed by atoms with Gasteiger partial charge in [-0.05, 0) is 80.5 Å². The number of rotatable bonds is 8. The topological polar surface area (TPSA) is 102 Å². The van der Waals surface area contributed by atoms with E-state index in [1.165, 1.54) is 19.3 Å². The molecule has 0 heterocycles. The van der Waals surface area contributed by atoms with Crippen LogP contribution in [-0.4, -0.2) is 36.7 Å². The third kappa shape index (κ3) is 5.50. The van der Waals surface area contributed by atoms with Crippen LogP contribution in [0.15, 0.2) is 24.3 Å². The lowest BCUT2D eigenvalue weighted by Crippen LogP contribution is -2.53. The fourth-order valence-electron chi connectivity index (χ4n) is 6.21. The molecule has 0 spiro atoms. The first kappa shape index (κ1) is 24.4. The van der Waals surface area contributed by atoms with Crippen molar-refractivity contribution in [2.75, 3.05) is 18.5 Å². The fourth-order valence-corrected chi connectivity index (χ4v) is 6.21. The number of carbonyl (C=O) groups is 4. The number of nitrogens with one attached hydrogen (secondary N) is 2. The molecule has 7 nitrogen and oxygen atoms in total. The Labute approximate surface area is 201 Å². The number of anilines is 1. The SMILES string of the molecule is CC(C)(C)C(=O)Nc1ccc(C(=O)COC(=O)CCNC(=O)C23CC4CC(CC(C4)C2)C3)cc1. The molecule has 0 saturated heterocycles. The third-order valence-corrected chi connectivity index (χ3v) is 7.64. The van der Waals surface area contributed by atoms with Crippen molar-refractivity contribution in [2.45, 2.75) is 65.7 Å². The molecule has 0 radical (unpaired) electrons. The predicted octanol–water partition coefficient (Wildman–Crippen LogP) is 4.12. The first-order valence-corrected chi connectivity index (χ1v) is 12.4. The third-order valence-electron chi connectivity index (χ3n) is 7.64. The van der Waals surface area contributed by atoms with E-state index in [0.717, 1.165) is 19.3 Å². The van der Waals surface area contributed by atoms with E-state index in [4.69, 9.17) is 4.74 Å². The Bertz CT molecular complexity index is 925. The highest BCUT2D eigenvalue weighted by molar-refractivity contribution is 5.99. The maximum absolute atomic E-state index is 12.9. The number of benzene rings is 1. The molecule has 2 amide bonds. The monoisotopic (exact) mass is 468 g/mol. The molecular weight excluding hydrogens is 432 g/mol. The maximum Gasteiger partial charge on any atom is 0.308 e. The Morgan fingerprint density at radius 2 is 1.50 bits per heavy atom. The summed E-state index contributed by atoms with van der Waals surface area (Å²) < 4.78 is 5.12. The van der Waals surface area contributed by atoms with Crippen LogP contribution in [-0.2, 0) is 19.1 Å². The van der Waals surface area contributed by atoms with Crippen LogP contribution in [0.3, 0.4) is 0 Å². The van der Waals surface area contributed by atoms with E-state index in [-0.39, 0.29) is 42.6 Å². The summed E-state index contributed by atoms with van der Waals surface area (Å²) >= 11 is 0. The van der Waals surface area contributed by atoms with Gasteiger partial charge in [0, 0.05) is 28.6 Å². The molecule has 1 aromatic carbocycles. The van der Waals surface area contributed by atoms with E-state index in [0.29, 0.717) is 29.0 Å². The Morgan fingerprint density at radius 1 is 0.941 bits per heavy atom. The Hall–Kier alpha value is -2.70. The first-order chi connectivity index (χ1) is 16.0. The van der Waals surface area contributed by atoms with Gasteiger partial charge in [-0.15, -0.1) is 0 Å². The van der Waals surface area contributed by atoms with E-state index in [1.54, 1.807) is 24.3 Å². The largest absolute Gasteiger partial charge is 0.457 e. The minimum absolute atomic E-state index is 0.0448. The quantitative estimate of drug-likeness (QED) is 0.441. The standard InChI is InChI=1S/C27H36N2O5/c1-26(2,3)24(32)29-21-6-4-20(5-7-21)22(30)16-34-23(31)8-9-28-25(33)27-13-17-10-18(14-27)12-19(11-17)15-27/h4-7,17-19H,8-16H2,1-3H3,(H,28,33)(H,29,32). The zero-order valence-electron chi connectivity index (χ0n) is 20.4. The highest BCUT2D eigenvalue weighted by Crippen LogP contribution is 2.60. The summed E-state index contributed by atoms with van der Waals surface area (Å²) in [7, 11) is 0. The maximum atomic E-state index is 12.9. The smallest absolute Gasteiger partial charge is 0.308 e. The highest BCUT2D eigenvalue weighted by Gasteiger charge is 2.54. The molecule has 4 bridgehead atoms. The second-order valence-electron chi connectivity index (χ2n) is 11.6. The van der Waals surface area contributed by atoms with Crippen molar-refractivity contribution in [3.05, 3.63) is 29.8 Å². The number of hydrogen-bond acceptors (Lipinski definition) is 5. The van der Waals surface area contributed by atoms with Gasteiger partial charge in [0.1, 0.15) is 0 Å². The molecule has 4 saturated carbocycles. The van der Waals surface area contributed by atoms with E-state index in [9.17, 15) is 19.2 Å². The van der Waals surface area contributed by atoms with Crippen molar-refractivity contribution >= 4 is 29.3 Å². The van der Waals surface area contributed by atoms with Crippen LogP contribution < -0.4 is 10.6 Å². The second-order valence-corrected chi connectivity index (χ2v) is 11.6. The molecule has 1 aromatic rings. The average Bonchev–Trinajstić information content (AvgIpc) is 2.76. The molecule has 0 unspecified atom stereocenters. The van der Waals surface area contributed by atoms with E-state index in [2.05, 4.69) is 10.6 Å². The van der Waals surface area contributed by atoms with Crippen LogP contribution >= 0.6 is 0 Å². The lowest BCUT2D eigenvalue weighted by atomic mass is 9.49. The van der Waals surface area contributed by atoms with Crippen LogP contribution in [0.4, 0.5) is 5.69 Å². The molecule has 4 aliphatic carbocycles. The summed E-state index contributed by atoms with van der Waals surface area (Å²) in [6.07, 6.45) is 6.85. The molecule has 34 heavy (non-hydrogen) atoms. The van der Waals surface area contributed by atoms with Gasteiger partial charge in [-0.3, -0.25) is 19.2 Å². The molecule has 0 atom stereocenters. The van der Waals surface area contributed by atoms with Gasteiger partial charge in [0.2, 0.25) is 11.8 Å². The normalized spacial score (nSPS) is 27.2.